The summed E-state index contributed by atoms with van der Waals surface area (Å²) in [5, 5.41) is 11.0. The van der Waals surface area contributed by atoms with Gasteiger partial charge in [-0.3, -0.25) is 4.99 Å². The van der Waals surface area contributed by atoms with Gasteiger partial charge in [0.2, 0.25) is 0 Å². The first-order chi connectivity index (χ1) is 8.36. The summed E-state index contributed by atoms with van der Waals surface area (Å²) in [4.78, 5) is 4.16. The summed E-state index contributed by atoms with van der Waals surface area (Å²) in [5.74, 6) is 0.797. The average molecular weight is 229 g/mol. The Morgan fingerprint density at radius 2 is 2.06 bits per heavy atom. The van der Waals surface area contributed by atoms with Gasteiger partial charge in [-0.2, -0.15) is 0 Å². The summed E-state index contributed by atoms with van der Waals surface area (Å²) in [6.07, 6.45) is 1.76. The van der Waals surface area contributed by atoms with E-state index in [1.165, 1.54) is 0 Å². The number of fused-ring (bicyclic) bond motifs is 1. The van der Waals surface area contributed by atoms with Gasteiger partial charge >= 0.3 is 0 Å². The molecule has 0 radical (unpaired) electrons. The highest BCUT2D eigenvalue weighted by Gasteiger charge is 2.05. The van der Waals surface area contributed by atoms with Crippen LogP contribution in [0.2, 0.25) is 0 Å². The quantitative estimate of drug-likeness (QED) is 0.817. The van der Waals surface area contributed by atoms with Crippen LogP contribution in [-0.2, 0) is 0 Å². The maximum atomic E-state index is 8.74. The van der Waals surface area contributed by atoms with E-state index in [1.807, 2.05) is 30.3 Å². The fraction of sp³-hybridized carbons (Fsp3) is 0.214. The molecular weight excluding hydrogens is 214 g/mol. The van der Waals surface area contributed by atoms with Crippen molar-refractivity contribution >= 4 is 17.0 Å². The Labute approximate surface area is 100 Å². The predicted molar refractivity (Wildman–Crippen MR) is 70.0 cm³/mol. The molecule has 0 spiro atoms. The van der Waals surface area contributed by atoms with Crippen molar-refractivity contribution in [2.75, 3.05) is 20.3 Å². The van der Waals surface area contributed by atoms with Gasteiger partial charge in [0.25, 0.3) is 0 Å². The number of rotatable bonds is 4. The zero-order chi connectivity index (χ0) is 12.1. The van der Waals surface area contributed by atoms with E-state index >= 15 is 0 Å². The fourth-order valence-electron chi connectivity index (χ4n) is 1.80. The molecule has 17 heavy (non-hydrogen) atoms. The van der Waals surface area contributed by atoms with Crippen molar-refractivity contribution in [1.29, 1.82) is 0 Å². The number of nitrogens with zero attached hydrogens (tertiary/aromatic N) is 1. The molecule has 0 atom stereocenters. The van der Waals surface area contributed by atoms with E-state index in [0.717, 1.165) is 22.1 Å². The molecule has 0 aliphatic heterocycles. The number of benzene rings is 2. The van der Waals surface area contributed by atoms with E-state index in [1.54, 1.807) is 13.3 Å². The van der Waals surface area contributed by atoms with Crippen LogP contribution in [0.4, 0.5) is 0 Å². The molecule has 0 aliphatic carbocycles. The second kappa shape index (κ2) is 5.46. The molecule has 0 fully saturated rings. The van der Waals surface area contributed by atoms with E-state index in [2.05, 4.69) is 11.1 Å². The Morgan fingerprint density at radius 3 is 2.82 bits per heavy atom. The van der Waals surface area contributed by atoms with Crippen molar-refractivity contribution in [2.24, 2.45) is 4.99 Å². The predicted octanol–water partition coefficient (Wildman–Crippen LogP) is 2.26. The average Bonchev–Trinajstić information content (AvgIpc) is 2.39. The second-order valence-electron chi connectivity index (χ2n) is 3.66. The van der Waals surface area contributed by atoms with Crippen molar-refractivity contribution in [1.82, 2.24) is 0 Å². The molecule has 0 aromatic heterocycles. The van der Waals surface area contributed by atoms with Crippen LogP contribution in [-0.4, -0.2) is 31.6 Å². The summed E-state index contributed by atoms with van der Waals surface area (Å²) >= 11 is 0. The zero-order valence-corrected chi connectivity index (χ0v) is 9.76. The number of hydrogen-bond acceptors (Lipinski definition) is 3. The van der Waals surface area contributed by atoms with Gasteiger partial charge < -0.3 is 9.84 Å². The third kappa shape index (κ3) is 2.45. The van der Waals surface area contributed by atoms with Crippen LogP contribution in [0.15, 0.2) is 41.4 Å². The summed E-state index contributed by atoms with van der Waals surface area (Å²) in [5.41, 5.74) is 0.957. The summed E-state index contributed by atoms with van der Waals surface area (Å²) < 4.78 is 5.33. The lowest BCUT2D eigenvalue weighted by atomic mass is 10.0. The zero-order valence-electron chi connectivity index (χ0n) is 9.76. The summed E-state index contributed by atoms with van der Waals surface area (Å²) in [6, 6.07) is 12.0. The molecule has 0 amide bonds. The van der Waals surface area contributed by atoms with Gasteiger partial charge in [0.1, 0.15) is 5.75 Å². The van der Waals surface area contributed by atoms with Crippen molar-refractivity contribution in [3.05, 3.63) is 42.0 Å². The van der Waals surface area contributed by atoms with E-state index in [9.17, 15) is 0 Å². The lowest BCUT2D eigenvalue weighted by Gasteiger charge is -2.08. The smallest absolute Gasteiger partial charge is 0.128 e. The molecule has 1 N–H and O–H groups in total. The first-order valence-electron chi connectivity index (χ1n) is 5.53. The van der Waals surface area contributed by atoms with Crippen molar-refractivity contribution in [2.45, 2.75) is 0 Å². The summed E-state index contributed by atoms with van der Waals surface area (Å²) in [7, 11) is 1.65. The van der Waals surface area contributed by atoms with Crippen LogP contribution >= 0.6 is 0 Å². The molecule has 3 heteroatoms. The fourth-order valence-corrected chi connectivity index (χ4v) is 1.80. The topological polar surface area (TPSA) is 41.8 Å². The van der Waals surface area contributed by atoms with E-state index in [0.29, 0.717) is 6.54 Å². The Bertz CT molecular complexity index is 535. The molecule has 2 rings (SSSR count). The maximum Gasteiger partial charge on any atom is 0.128 e. The highest BCUT2D eigenvalue weighted by Crippen LogP contribution is 2.26. The number of ether oxygens (including phenoxy) is 1. The molecular formula is C14H15NO2. The molecule has 0 unspecified atom stereocenters. The van der Waals surface area contributed by atoms with Crippen LogP contribution in [0.1, 0.15) is 5.56 Å². The van der Waals surface area contributed by atoms with Crippen molar-refractivity contribution in [3.63, 3.8) is 0 Å². The van der Waals surface area contributed by atoms with Gasteiger partial charge in [-0.25, -0.2) is 0 Å². The van der Waals surface area contributed by atoms with E-state index in [-0.39, 0.29) is 6.61 Å². The molecule has 3 nitrogen and oxygen atoms in total. The third-order valence-electron chi connectivity index (χ3n) is 2.60. The first-order valence-corrected chi connectivity index (χ1v) is 5.53. The van der Waals surface area contributed by atoms with Gasteiger partial charge in [-0.1, -0.05) is 30.3 Å². The molecule has 0 aliphatic rings. The Kier molecular flexibility index (Phi) is 3.73. The van der Waals surface area contributed by atoms with Crippen LogP contribution < -0.4 is 4.74 Å². The van der Waals surface area contributed by atoms with Gasteiger partial charge in [0.15, 0.2) is 0 Å². The molecule has 2 aromatic rings. The molecule has 0 saturated heterocycles. The minimum Gasteiger partial charge on any atom is -0.496 e. The number of methoxy groups -OCH3 is 1. The summed E-state index contributed by atoms with van der Waals surface area (Å²) in [6.45, 7) is 0.468. The number of aliphatic hydroxyl groups excluding tert-OH is 1. The molecule has 0 heterocycles. The van der Waals surface area contributed by atoms with Gasteiger partial charge in [-0.15, -0.1) is 0 Å². The minimum absolute atomic E-state index is 0.0591. The molecule has 88 valence electrons. The van der Waals surface area contributed by atoms with Crippen molar-refractivity contribution in [3.8, 4) is 5.75 Å². The maximum absolute atomic E-state index is 8.74. The highest BCUT2D eigenvalue weighted by molar-refractivity contribution is 6.02. The van der Waals surface area contributed by atoms with Crippen molar-refractivity contribution < 1.29 is 9.84 Å². The van der Waals surface area contributed by atoms with Crippen LogP contribution in [0.5, 0.6) is 5.75 Å². The lowest BCUT2D eigenvalue weighted by molar-refractivity contribution is 0.307. The van der Waals surface area contributed by atoms with Gasteiger partial charge in [-0.05, 0) is 16.8 Å². The second-order valence-corrected chi connectivity index (χ2v) is 3.66. The number of aliphatic hydroxyl groups is 1. The lowest BCUT2D eigenvalue weighted by Crippen LogP contribution is -1.94. The Morgan fingerprint density at radius 1 is 1.24 bits per heavy atom. The SMILES string of the molecule is COc1ccc2ccccc2c1C=NCCO. The molecule has 2 aromatic carbocycles. The molecule has 0 saturated carbocycles. The first kappa shape index (κ1) is 11.6. The van der Waals surface area contributed by atoms with E-state index in [4.69, 9.17) is 9.84 Å². The van der Waals surface area contributed by atoms with E-state index < -0.39 is 0 Å². The normalized spacial score (nSPS) is 11.2. The van der Waals surface area contributed by atoms with Crippen LogP contribution in [0.25, 0.3) is 10.8 Å². The van der Waals surface area contributed by atoms with Gasteiger partial charge in [0.05, 0.1) is 20.3 Å². The molecule has 0 bridgehead atoms. The largest absolute Gasteiger partial charge is 0.496 e. The third-order valence-corrected chi connectivity index (χ3v) is 2.60. The number of aliphatic imine (C=N–C) groups is 1. The minimum atomic E-state index is 0.0591. The number of hydrogen-bond donors (Lipinski definition) is 1. The standard InChI is InChI=1S/C14H15NO2/c1-17-14-7-6-11-4-2-3-5-12(11)13(14)10-15-8-9-16/h2-7,10,16H,8-9H2,1H3. The Hall–Kier alpha value is -1.87. The van der Waals surface area contributed by atoms with Crippen LogP contribution in [0.3, 0.4) is 0 Å². The monoisotopic (exact) mass is 229 g/mol. The van der Waals surface area contributed by atoms with Crippen LogP contribution in [0, 0.1) is 0 Å². The highest BCUT2D eigenvalue weighted by atomic mass is 16.5. The Balaban J connectivity index is 2.55. The van der Waals surface area contributed by atoms with Gasteiger partial charge in [0, 0.05) is 11.8 Å².